The van der Waals surface area contributed by atoms with Crippen molar-refractivity contribution in [2.45, 2.75) is 50.8 Å². The Morgan fingerprint density at radius 2 is 1.24 bits per heavy atom. The van der Waals surface area contributed by atoms with E-state index in [1.54, 1.807) is 31.2 Å². The SMILES string of the molecule is C[C@@H]1O[C@@H](O)[C@@H](OCc2ccccc2)[C@H](OCc2ccccc2)[C@@H]1OC(=O)c1ccccc1. The number of ether oxygens (including phenoxy) is 4. The maximum absolute atomic E-state index is 12.8. The summed E-state index contributed by atoms with van der Waals surface area (Å²) in [4.78, 5) is 12.8. The lowest BCUT2D eigenvalue weighted by Gasteiger charge is -2.43. The molecule has 0 amide bonds. The van der Waals surface area contributed by atoms with E-state index < -0.39 is 36.7 Å². The van der Waals surface area contributed by atoms with Crippen molar-refractivity contribution >= 4 is 5.97 Å². The summed E-state index contributed by atoms with van der Waals surface area (Å²) in [7, 11) is 0. The van der Waals surface area contributed by atoms with Crippen LogP contribution in [0.5, 0.6) is 0 Å². The first kappa shape index (κ1) is 23.1. The van der Waals surface area contributed by atoms with Gasteiger partial charge in [-0.25, -0.2) is 4.79 Å². The van der Waals surface area contributed by atoms with E-state index in [-0.39, 0.29) is 13.2 Å². The summed E-state index contributed by atoms with van der Waals surface area (Å²) >= 11 is 0. The van der Waals surface area contributed by atoms with Crippen LogP contribution in [0.4, 0.5) is 0 Å². The van der Waals surface area contributed by atoms with Crippen LogP contribution in [0.2, 0.25) is 0 Å². The van der Waals surface area contributed by atoms with Gasteiger partial charge in [0.25, 0.3) is 0 Å². The Balaban J connectivity index is 1.54. The third-order valence-electron chi connectivity index (χ3n) is 5.57. The van der Waals surface area contributed by atoms with Gasteiger partial charge in [0, 0.05) is 0 Å². The Hall–Kier alpha value is -3.03. The van der Waals surface area contributed by atoms with Crippen LogP contribution in [-0.4, -0.2) is 41.8 Å². The summed E-state index contributed by atoms with van der Waals surface area (Å²) in [5.74, 6) is -0.484. The highest BCUT2D eigenvalue weighted by Gasteiger charge is 2.47. The molecule has 0 unspecified atom stereocenters. The van der Waals surface area contributed by atoms with Crippen LogP contribution in [0.15, 0.2) is 91.0 Å². The lowest BCUT2D eigenvalue weighted by molar-refractivity contribution is -0.299. The number of hydrogen-bond acceptors (Lipinski definition) is 6. The van der Waals surface area contributed by atoms with E-state index >= 15 is 0 Å². The van der Waals surface area contributed by atoms with Gasteiger partial charge in [-0.1, -0.05) is 78.9 Å². The average molecular weight is 449 g/mol. The highest BCUT2D eigenvalue weighted by atomic mass is 16.7. The molecular weight excluding hydrogens is 420 g/mol. The molecule has 1 aliphatic rings. The topological polar surface area (TPSA) is 74.2 Å². The lowest BCUT2D eigenvalue weighted by Crippen LogP contribution is -2.59. The molecule has 0 aliphatic carbocycles. The molecule has 0 spiro atoms. The summed E-state index contributed by atoms with van der Waals surface area (Å²) in [5.41, 5.74) is 2.34. The molecule has 6 nitrogen and oxygen atoms in total. The van der Waals surface area contributed by atoms with E-state index in [9.17, 15) is 9.90 Å². The van der Waals surface area contributed by atoms with Crippen LogP contribution in [-0.2, 0) is 32.2 Å². The molecular formula is C27H28O6. The van der Waals surface area contributed by atoms with Crippen molar-refractivity contribution in [2.24, 2.45) is 0 Å². The summed E-state index contributed by atoms with van der Waals surface area (Å²) in [5, 5.41) is 10.7. The first-order valence-electron chi connectivity index (χ1n) is 11.0. The van der Waals surface area contributed by atoms with E-state index in [0.717, 1.165) is 11.1 Å². The second-order valence-electron chi connectivity index (χ2n) is 7.99. The molecule has 0 radical (unpaired) electrons. The molecule has 1 fully saturated rings. The smallest absolute Gasteiger partial charge is 0.338 e. The zero-order valence-corrected chi connectivity index (χ0v) is 18.4. The largest absolute Gasteiger partial charge is 0.453 e. The van der Waals surface area contributed by atoms with Gasteiger partial charge in [0.1, 0.15) is 12.2 Å². The maximum Gasteiger partial charge on any atom is 0.338 e. The van der Waals surface area contributed by atoms with Gasteiger partial charge in [0.15, 0.2) is 12.4 Å². The Morgan fingerprint density at radius 3 is 1.79 bits per heavy atom. The van der Waals surface area contributed by atoms with Gasteiger partial charge in [0.2, 0.25) is 0 Å². The first-order chi connectivity index (χ1) is 16.1. The van der Waals surface area contributed by atoms with E-state index in [1.165, 1.54) is 0 Å². The summed E-state index contributed by atoms with van der Waals surface area (Å²) in [6.45, 7) is 2.28. The van der Waals surface area contributed by atoms with Crippen LogP contribution in [0.3, 0.4) is 0 Å². The fourth-order valence-corrected chi connectivity index (χ4v) is 3.82. The minimum Gasteiger partial charge on any atom is -0.453 e. The van der Waals surface area contributed by atoms with Gasteiger partial charge in [-0.05, 0) is 30.2 Å². The van der Waals surface area contributed by atoms with Crippen LogP contribution >= 0.6 is 0 Å². The maximum atomic E-state index is 12.8. The van der Waals surface area contributed by atoms with Gasteiger partial charge < -0.3 is 24.1 Å². The molecule has 33 heavy (non-hydrogen) atoms. The normalized spacial score (nSPS) is 24.8. The van der Waals surface area contributed by atoms with E-state index in [2.05, 4.69) is 0 Å². The van der Waals surface area contributed by atoms with Gasteiger partial charge in [-0.3, -0.25) is 0 Å². The molecule has 0 aromatic heterocycles. The quantitative estimate of drug-likeness (QED) is 0.523. The molecule has 5 atom stereocenters. The lowest BCUT2D eigenvalue weighted by atomic mass is 9.98. The molecule has 0 saturated carbocycles. The molecule has 1 N–H and O–H groups in total. The third-order valence-corrected chi connectivity index (χ3v) is 5.57. The molecule has 3 aromatic rings. The van der Waals surface area contributed by atoms with Crippen molar-refractivity contribution in [3.05, 3.63) is 108 Å². The van der Waals surface area contributed by atoms with Crippen molar-refractivity contribution in [2.75, 3.05) is 0 Å². The number of aliphatic hydroxyl groups is 1. The van der Waals surface area contributed by atoms with Crippen molar-refractivity contribution in [1.29, 1.82) is 0 Å². The number of aliphatic hydroxyl groups excluding tert-OH is 1. The van der Waals surface area contributed by atoms with E-state index in [1.807, 2.05) is 66.7 Å². The number of carbonyl (C=O) groups is 1. The van der Waals surface area contributed by atoms with Crippen LogP contribution < -0.4 is 0 Å². The van der Waals surface area contributed by atoms with E-state index in [0.29, 0.717) is 5.56 Å². The van der Waals surface area contributed by atoms with Gasteiger partial charge in [-0.2, -0.15) is 0 Å². The minimum absolute atomic E-state index is 0.255. The third kappa shape index (κ3) is 6.06. The Morgan fingerprint density at radius 1 is 0.758 bits per heavy atom. The highest BCUT2D eigenvalue weighted by Crippen LogP contribution is 2.29. The summed E-state index contributed by atoms with van der Waals surface area (Å²) < 4.78 is 23.8. The molecule has 1 saturated heterocycles. The highest BCUT2D eigenvalue weighted by molar-refractivity contribution is 5.89. The van der Waals surface area contributed by atoms with Crippen molar-refractivity contribution in [3.63, 3.8) is 0 Å². The first-order valence-corrected chi connectivity index (χ1v) is 11.0. The monoisotopic (exact) mass is 448 g/mol. The second-order valence-corrected chi connectivity index (χ2v) is 7.99. The molecule has 3 aromatic carbocycles. The summed E-state index contributed by atoms with van der Waals surface area (Å²) in [6, 6.07) is 28.1. The fourth-order valence-electron chi connectivity index (χ4n) is 3.82. The fraction of sp³-hybridized carbons (Fsp3) is 0.296. The molecule has 0 bridgehead atoms. The molecule has 172 valence electrons. The van der Waals surface area contributed by atoms with Crippen LogP contribution in [0.1, 0.15) is 28.4 Å². The Kier molecular flexibility index (Phi) is 7.86. The zero-order valence-electron chi connectivity index (χ0n) is 18.4. The Labute approximate surface area is 193 Å². The van der Waals surface area contributed by atoms with Crippen molar-refractivity contribution in [1.82, 2.24) is 0 Å². The molecule has 1 aliphatic heterocycles. The molecule has 6 heteroatoms. The van der Waals surface area contributed by atoms with E-state index in [4.69, 9.17) is 18.9 Å². The minimum atomic E-state index is -1.23. The second kappa shape index (κ2) is 11.2. The molecule has 4 rings (SSSR count). The number of carbonyl (C=O) groups excluding carboxylic acids is 1. The number of hydrogen-bond donors (Lipinski definition) is 1. The predicted octanol–water partition coefficient (Wildman–Crippen LogP) is 4.12. The predicted molar refractivity (Wildman–Crippen MR) is 122 cm³/mol. The number of rotatable bonds is 8. The van der Waals surface area contributed by atoms with Gasteiger partial charge in [-0.15, -0.1) is 0 Å². The van der Waals surface area contributed by atoms with Gasteiger partial charge in [0.05, 0.1) is 24.9 Å². The van der Waals surface area contributed by atoms with Crippen molar-refractivity contribution in [3.8, 4) is 0 Å². The van der Waals surface area contributed by atoms with Crippen LogP contribution in [0.25, 0.3) is 0 Å². The Bertz CT molecular complexity index is 995. The molecule has 1 heterocycles. The van der Waals surface area contributed by atoms with Crippen molar-refractivity contribution < 1.29 is 28.8 Å². The van der Waals surface area contributed by atoms with Crippen LogP contribution in [0, 0.1) is 0 Å². The summed E-state index contributed by atoms with van der Waals surface area (Å²) in [6.07, 6.45) is -4.18. The standard InChI is InChI=1S/C27H28O6/c1-19-23(33-26(28)22-15-9-4-10-16-22)24(30-17-20-11-5-2-6-12-20)25(27(29)32-19)31-18-21-13-7-3-8-14-21/h2-16,19,23-25,27,29H,17-18H2,1H3/t19-,23+,24+,25-,27+/m0/s1. The van der Waals surface area contributed by atoms with Gasteiger partial charge >= 0.3 is 5.97 Å². The number of benzene rings is 3. The number of esters is 1. The average Bonchev–Trinajstić information content (AvgIpc) is 2.85. The zero-order chi connectivity index (χ0) is 23.0.